The zero-order valence-corrected chi connectivity index (χ0v) is 16.4. The third kappa shape index (κ3) is 4.02. The molecular weight excluding hydrogens is 423 g/mol. The molecule has 0 aliphatic rings. The topological polar surface area (TPSA) is 52.9 Å². The first-order chi connectivity index (χ1) is 11.5. The molecule has 24 heavy (non-hydrogen) atoms. The number of rotatable bonds is 7. The van der Waals surface area contributed by atoms with Gasteiger partial charge in [-0.1, -0.05) is 0 Å². The van der Waals surface area contributed by atoms with E-state index >= 15 is 0 Å². The van der Waals surface area contributed by atoms with Gasteiger partial charge in [-0.3, -0.25) is 9.63 Å². The van der Waals surface area contributed by atoms with Gasteiger partial charge >= 0.3 is 0 Å². The van der Waals surface area contributed by atoms with Crippen LogP contribution in [0, 0.1) is 3.57 Å². The van der Waals surface area contributed by atoms with Gasteiger partial charge in [0.05, 0.1) is 21.3 Å². The molecule has 6 nitrogen and oxygen atoms in total. The Morgan fingerprint density at radius 2 is 1.88 bits per heavy atom. The SMILES string of the molecule is COc1cc(I)c(CCn2cccc2C(=O)N(C)OC)cc1OC. The number of aryl methyl sites for hydroxylation is 2. The minimum Gasteiger partial charge on any atom is -0.493 e. The van der Waals surface area contributed by atoms with Crippen LogP contribution in [0.4, 0.5) is 0 Å². The predicted octanol–water partition coefficient (Wildman–Crippen LogP) is 2.99. The fraction of sp³-hybridized carbons (Fsp3) is 0.353. The van der Waals surface area contributed by atoms with Crippen LogP contribution in [0.25, 0.3) is 0 Å². The van der Waals surface area contributed by atoms with Crippen molar-refractivity contribution in [2.45, 2.75) is 13.0 Å². The molecule has 1 aromatic heterocycles. The molecular formula is C17H21IN2O4. The van der Waals surface area contributed by atoms with Crippen molar-refractivity contribution in [3.05, 3.63) is 45.3 Å². The Labute approximate surface area is 155 Å². The fourth-order valence-corrected chi connectivity index (χ4v) is 3.08. The second-order valence-electron chi connectivity index (χ2n) is 5.12. The van der Waals surface area contributed by atoms with E-state index in [2.05, 4.69) is 22.6 Å². The van der Waals surface area contributed by atoms with E-state index in [-0.39, 0.29) is 5.91 Å². The highest BCUT2D eigenvalue weighted by Crippen LogP contribution is 2.31. The van der Waals surface area contributed by atoms with Crippen LogP contribution >= 0.6 is 22.6 Å². The highest BCUT2D eigenvalue weighted by Gasteiger charge is 2.16. The van der Waals surface area contributed by atoms with Crippen molar-refractivity contribution in [2.24, 2.45) is 0 Å². The Morgan fingerprint density at radius 1 is 1.21 bits per heavy atom. The Kier molecular flexibility index (Phi) is 6.50. The van der Waals surface area contributed by atoms with Gasteiger partial charge in [-0.05, 0) is 58.8 Å². The Morgan fingerprint density at radius 3 is 2.50 bits per heavy atom. The number of halogens is 1. The molecule has 7 heteroatoms. The number of hydrogen-bond acceptors (Lipinski definition) is 4. The van der Waals surface area contributed by atoms with E-state index < -0.39 is 0 Å². The Hall–Kier alpha value is -1.74. The molecule has 0 atom stereocenters. The monoisotopic (exact) mass is 444 g/mol. The molecule has 1 amide bonds. The minimum atomic E-state index is -0.176. The molecule has 0 spiro atoms. The molecule has 2 aromatic rings. The van der Waals surface area contributed by atoms with Gasteiger partial charge in [0, 0.05) is 23.4 Å². The fourth-order valence-electron chi connectivity index (χ4n) is 2.38. The summed E-state index contributed by atoms with van der Waals surface area (Å²) in [6.45, 7) is 0.678. The molecule has 0 N–H and O–H groups in total. The quantitative estimate of drug-likeness (QED) is 0.487. The van der Waals surface area contributed by atoms with Crippen LogP contribution in [-0.4, -0.2) is 43.9 Å². The summed E-state index contributed by atoms with van der Waals surface area (Å²) in [5.41, 5.74) is 1.73. The number of methoxy groups -OCH3 is 2. The van der Waals surface area contributed by atoms with E-state index in [0.717, 1.165) is 15.6 Å². The normalized spacial score (nSPS) is 10.5. The minimum absolute atomic E-state index is 0.176. The lowest BCUT2D eigenvalue weighted by molar-refractivity contribution is -0.0763. The largest absolute Gasteiger partial charge is 0.493 e. The summed E-state index contributed by atoms with van der Waals surface area (Å²) in [6.07, 6.45) is 2.66. The zero-order valence-electron chi connectivity index (χ0n) is 14.2. The lowest BCUT2D eigenvalue weighted by Crippen LogP contribution is -2.27. The van der Waals surface area contributed by atoms with Crippen LogP contribution in [0.15, 0.2) is 30.5 Å². The van der Waals surface area contributed by atoms with Gasteiger partial charge in [-0.2, -0.15) is 0 Å². The molecule has 0 bridgehead atoms. The Balaban J connectivity index is 2.18. The summed E-state index contributed by atoms with van der Waals surface area (Å²) in [4.78, 5) is 17.2. The smallest absolute Gasteiger partial charge is 0.293 e. The number of aromatic nitrogens is 1. The van der Waals surface area contributed by atoms with Crippen LogP contribution < -0.4 is 9.47 Å². The standard InChI is InChI=1S/C17H21IN2O4/c1-19(24-4)17(21)14-6-5-8-20(14)9-7-12-10-15(22-2)16(23-3)11-13(12)18/h5-6,8,10-11H,7,9H2,1-4H3. The number of ether oxygens (including phenoxy) is 2. The van der Waals surface area contributed by atoms with Crippen molar-refractivity contribution >= 4 is 28.5 Å². The van der Waals surface area contributed by atoms with Crippen molar-refractivity contribution in [2.75, 3.05) is 28.4 Å². The first-order valence-electron chi connectivity index (χ1n) is 7.39. The first-order valence-corrected chi connectivity index (χ1v) is 8.47. The van der Waals surface area contributed by atoms with Gasteiger partial charge in [-0.25, -0.2) is 5.06 Å². The zero-order chi connectivity index (χ0) is 17.7. The molecule has 1 aromatic carbocycles. The maximum atomic E-state index is 12.3. The maximum Gasteiger partial charge on any atom is 0.293 e. The molecule has 0 saturated carbocycles. The van der Waals surface area contributed by atoms with Gasteiger partial charge in [0.15, 0.2) is 11.5 Å². The van der Waals surface area contributed by atoms with E-state index in [1.807, 2.05) is 29.0 Å². The second kappa shape index (κ2) is 8.39. The average Bonchev–Trinajstić information content (AvgIpc) is 3.07. The van der Waals surface area contributed by atoms with Crippen LogP contribution in [0.1, 0.15) is 16.1 Å². The van der Waals surface area contributed by atoms with E-state index in [0.29, 0.717) is 23.7 Å². The van der Waals surface area contributed by atoms with Crippen LogP contribution in [-0.2, 0) is 17.8 Å². The average molecular weight is 444 g/mol. The number of amides is 1. The second-order valence-corrected chi connectivity index (χ2v) is 6.28. The number of carbonyl (C=O) groups is 1. The van der Waals surface area contributed by atoms with Gasteiger partial charge < -0.3 is 14.0 Å². The van der Waals surface area contributed by atoms with Crippen molar-refractivity contribution in [1.82, 2.24) is 9.63 Å². The van der Waals surface area contributed by atoms with Crippen LogP contribution in [0.3, 0.4) is 0 Å². The van der Waals surface area contributed by atoms with E-state index in [4.69, 9.17) is 14.3 Å². The summed E-state index contributed by atoms with van der Waals surface area (Å²) >= 11 is 2.28. The van der Waals surface area contributed by atoms with Crippen molar-refractivity contribution in [3.8, 4) is 11.5 Å². The number of benzene rings is 1. The molecule has 0 unspecified atom stereocenters. The van der Waals surface area contributed by atoms with Gasteiger partial charge in [0.25, 0.3) is 5.91 Å². The van der Waals surface area contributed by atoms with E-state index in [1.165, 1.54) is 12.2 Å². The number of hydroxylamine groups is 2. The third-order valence-electron chi connectivity index (χ3n) is 3.78. The third-order valence-corrected chi connectivity index (χ3v) is 4.79. The predicted molar refractivity (Wildman–Crippen MR) is 99.5 cm³/mol. The van der Waals surface area contributed by atoms with Crippen molar-refractivity contribution < 1.29 is 19.1 Å². The number of carbonyl (C=O) groups excluding carboxylic acids is 1. The molecule has 0 radical (unpaired) electrons. The molecule has 0 aliphatic heterocycles. The van der Waals surface area contributed by atoms with Gasteiger partial charge in [-0.15, -0.1) is 0 Å². The number of nitrogens with zero attached hydrogens (tertiary/aromatic N) is 2. The Bertz CT molecular complexity index is 715. The molecule has 1 heterocycles. The number of hydrogen-bond donors (Lipinski definition) is 0. The molecule has 0 saturated heterocycles. The summed E-state index contributed by atoms with van der Waals surface area (Å²) in [6, 6.07) is 7.58. The van der Waals surface area contributed by atoms with Crippen LogP contribution in [0.5, 0.6) is 11.5 Å². The van der Waals surface area contributed by atoms with Gasteiger partial charge in [0.1, 0.15) is 5.69 Å². The van der Waals surface area contributed by atoms with Crippen molar-refractivity contribution in [3.63, 3.8) is 0 Å². The van der Waals surface area contributed by atoms with E-state index in [9.17, 15) is 4.79 Å². The molecule has 130 valence electrons. The molecule has 2 rings (SSSR count). The summed E-state index contributed by atoms with van der Waals surface area (Å²) < 4.78 is 13.7. The highest BCUT2D eigenvalue weighted by molar-refractivity contribution is 14.1. The maximum absolute atomic E-state index is 12.3. The molecule has 0 aliphatic carbocycles. The highest BCUT2D eigenvalue weighted by atomic mass is 127. The lowest BCUT2D eigenvalue weighted by atomic mass is 10.1. The first kappa shape index (κ1) is 18.6. The van der Waals surface area contributed by atoms with Crippen molar-refractivity contribution in [1.29, 1.82) is 0 Å². The summed E-state index contributed by atoms with van der Waals surface area (Å²) in [5.74, 6) is 1.24. The lowest BCUT2D eigenvalue weighted by Gasteiger charge is -2.16. The molecule has 0 fully saturated rings. The summed E-state index contributed by atoms with van der Waals surface area (Å²) in [5, 5.41) is 1.21. The van der Waals surface area contributed by atoms with Gasteiger partial charge in [0.2, 0.25) is 0 Å². The van der Waals surface area contributed by atoms with Crippen LogP contribution in [0.2, 0.25) is 0 Å². The summed E-state index contributed by atoms with van der Waals surface area (Å²) in [7, 11) is 6.31. The van der Waals surface area contributed by atoms with E-state index in [1.54, 1.807) is 27.3 Å².